The Morgan fingerprint density at radius 1 is 0.815 bits per heavy atom. The second-order valence-electron chi connectivity index (χ2n) is 6.03. The molecular weight excluding hydrogens is 475 g/mol. The summed E-state index contributed by atoms with van der Waals surface area (Å²) < 4.78 is 0.0940. The maximum atomic E-state index is 11.9. The maximum Gasteiger partial charge on any atom is 0.250 e. The number of amides is 2. The van der Waals surface area contributed by atoms with Crippen molar-refractivity contribution in [1.82, 2.24) is 0 Å². The van der Waals surface area contributed by atoms with Gasteiger partial charge < -0.3 is 42.1 Å². The predicted octanol–water partition coefficient (Wildman–Crippen LogP) is -3.00. The Balaban J connectivity index is 3.52. The SMILES string of the molecule is NC(=O)c1c(CC(O)C(O)CO)cc(CC(O)C(O)CO)c(C(N)=O)c1I. The zero-order valence-electron chi connectivity index (χ0n) is 14.2. The molecule has 2 amide bonds. The van der Waals surface area contributed by atoms with Gasteiger partial charge in [0.15, 0.2) is 0 Å². The summed E-state index contributed by atoms with van der Waals surface area (Å²) in [5.74, 6) is -1.80. The Morgan fingerprint density at radius 2 is 1.15 bits per heavy atom. The number of primary amides is 2. The first-order valence-corrected chi connectivity index (χ1v) is 9.00. The van der Waals surface area contributed by atoms with Crippen LogP contribution in [-0.4, -0.2) is 80.1 Å². The summed E-state index contributed by atoms with van der Waals surface area (Å²) in [4.78, 5) is 23.8. The van der Waals surface area contributed by atoms with E-state index in [-0.39, 0.29) is 38.7 Å². The van der Waals surface area contributed by atoms with Crippen LogP contribution in [0.5, 0.6) is 0 Å². The van der Waals surface area contributed by atoms with Crippen LogP contribution in [0.1, 0.15) is 31.8 Å². The Morgan fingerprint density at radius 3 is 1.41 bits per heavy atom. The third-order valence-corrected chi connectivity index (χ3v) is 5.12. The van der Waals surface area contributed by atoms with Crippen molar-refractivity contribution in [2.24, 2.45) is 11.5 Å². The predicted molar refractivity (Wildman–Crippen MR) is 102 cm³/mol. The van der Waals surface area contributed by atoms with E-state index < -0.39 is 49.4 Å². The Kier molecular flexibility index (Phi) is 9.01. The van der Waals surface area contributed by atoms with Gasteiger partial charge in [0.1, 0.15) is 12.2 Å². The van der Waals surface area contributed by atoms with Gasteiger partial charge in [-0.1, -0.05) is 6.07 Å². The van der Waals surface area contributed by atoms with Gasteiger partial charge >= 0.3 is 0 Å². The molecule has 0 bridgehead atoms. The van der Waals surface area contributed by atoms with Crippen LogP contribution in [0.25, 0.3) is 0 Å². The third-order valence-electron chi connectivity index (χ3n) is 4.04. The Labute approximate surface area is 168 Å². The molecule has 0 spiro atoms. The van der Waals surface area contributed by atoms with Gasteiger partial charge in [-0.15, -0.1) is 0 Å². The molecule has 11 heteroatoms. The topological polar surface area (TPSA) is 208 Å². The van der Waals surface area contributed by atoms with Crippen LogP contribution >= 0.6 is 22.6 Å². The second kappa shape index (κ2) is 10.3. The van der Waals surface area contributed by atoms with Crippen LogP contribution in [-0.2, 0) is 12.8 Å². The minimum Gasteiger partial charge on any atom is -0.394 e. The normalized spacial score (nSPS) is 15.8. The average molecular weight is 498 g/mol. The summed E-state index contributed by atoms with van der Waals surface area (Å²) in [6.45, 7) is -1.42. The number of carbonyl (C=O) groups is 2. The van der Waals surface area contributed by atoms with Crippen LogP contribution in [0.15, 0.2) is 6.07 Å². The van der Waals surface area contributed by atoms with E-state index in [1.54, 1.807) is 22.6 Å². The van der Waals surface area contributed by atoms with Crippen LogP contribution < -0.4 is 11.5 Å². The fourth-order valence-corrected chi connectivity index (χ4v) is 3.81. The van der Waals surface area contributed by atoms with Crippen molar-refractivity contribution in [2.75, 3.05) is 13.2 Å². The van der Waals surface area contributed by atoms with E-state index >= 15 is 0 Å². The van der Waals surface area contributed by atoms with E-state index in [1.807, 2.05) is 0 Å². The lowest BCUT2D eigenvalue weighted by molar-refractivity contribution is -0.0139. The first-order valence-electron chi connectivity index (χ1n) is 7.92. The van der Waals surface area contributed by atoms with Gasteiger partial charge in [-0.2, -0.15) is 0 Å². The molecule has 1 aromatic carbocycles. The fourth-order valence-electron chi connectivity index (χ4n) is 2.58. The highest BCUT2D eigenvalue weighted by molar-refractivity contribution is 14.1. The first kappa shape index (κ1) is 23.7. The number of hydrogen-bond acceptors (Lipinski definition) is 8. The zero-order chi connectivity index (χ0) is 20.9. The van der Waals surface area contributed by atoms with Crippen molar-refractivity contribution < 1.29 is 40.2 Å². The van der Waals surface area contributed by atoms with E-state index in [2.05, 4.69) is 0 Å². The molecule has 0 fully saturated rings. The van der Waals surface area contributed by atoms with E-state index in [0.717, 1.165) is 0 Å². The lowest BCUT2D eigenvalue weighted by atomic mass is 9.90. The van der Waals surface area contributed by atoms with Gasteiger partial charge in [0.2, 0.25) is 11.8 Å². The highest BCUT2D eigenvalue weighted by atomic mass is 127. The molecular formula is C16H23IN2O8. The van der Waals surface area contributed by atoms with Crippen LogP contribution in [0.4, 0.5) is 0 Å². The highest BCUT2D eigenvalue weighted by Crippen LogP contribution is 2.28. The van der Waals surface area contributed by atoms with Crippen LogP contribution in [0.2, 0.25) is 0 Å². The zero-order valence-corrected chi connectivity index (χ0v) is 16.4. The summed E-state index contributed by atoms with van der Waals surface area (Å²) in [7, 11) is 0. The molecule has 10 N–H and O–H groups in total. The van der Waals surface area contributed by atoms with Crippen molar-refractivity contribution in [2.45, 2.75) is 37.3 Å². The molecule has 0 aromatic heterocycles. The molecule has 0 saturated carbocycles. The van der Waals surface area contributed by atoms with Gasteiger partial charge in [-0.05, 0) is 33.7 Å². The molecule has 0 heterocycles. The minimum absolute atomic E-state index is 0.0884. The summed E-state index contributed by atoms with van der Waals surface area (Å²) in [6, 6.07) is 1.31. The quantitative estimate of drug-likeness (QED) is 0.156. The van der Waals surface area contributed by atoms with Crippen molar-refractivity contribution in [3.63, 3.8) is 0 Å². The van der Waals surface area contributed by atoms with Gasteiger partial charge in [0, 0.05) is 16.4 Å². The highest BCUT2D eigenvalue weighted by Gasteiger charge is 2.27. The Hall–Kier alpha value is -1.35. The van der Waals surface area contributed by atoms with Crippen molar-refractivity contribution in [1.29, 1.82) is 0 Å². The molecule has 0 aliphatic heterocycles. The molecule has 27 heavy (non-hydrogen) atoms. The molecule has 10 nitrogen and oxygen atoms in total. The van der Waals surface area contributed by atoms with Gasteiger partial charge in [0.25, 0.3) is 0 Å². The maximum absolute atomic E-state index is 11.9. The molecule has 0 saturated heterocycles. The summed E-state index contributed by atoms with van der Waals surface area (Å²) in [5, 5.41) is 56.9. The number of aliphatic hydroxyl groups is 6. The number of rotatable bonds is 10. The fraction of sp³-hybridized carbons (Fsp3) is 0.500. The standard InChI is InChI=1S/C16H23IN2O8/c17-14-12(15(18)26)6(2-8(22)10(24)4-20)1-7(13(14)16(19)27)3-9(23)11(25)5-21/h1,8-11,20-25H,2-5H2,(H2,18,26)(H2,19,27). The largest absolute Gasteiger partial charge is 0.394 e. The van der Waals surface area contributed by atoms with Crippen molar-refractivity contribution >= 4 is 34.4 Å². The van der Waals surface area contributed by atoms with Gasteiger partial charge in [-0.25, -0.2) is 0 Å². The van der Waals surface area contributed by atoms with Crippen molar-refractivity contribution in [3.8, 4) is 0 Å². The summed E-state index contributed by atoms with van der Waals surface area (Å²) >= 11 is 1.68. The first-order chi connectivity index (χ1) is 12.5. The van der Waals surface area contributed by atoms with Crippen LogP contribution in [0, 0.1) is 3.57 Å². The molecule has 0 aliphatic rings. The molecule has 0 radical (unpaired) electrons. The monoisotopic (exact) mass is 498 g/mol. The smallest absolute Gasteiger partial charge is 0.250 e. The molecule has 4 unspecified atom stereocenters. The van der Waals surface area contributed by atoms with Gasteiger partial charge in [-0.3, -0.25) is 9.59 Å². The second-order valence-corrected chi connectivity index (χ2v) is 7.11. The lowest BCUT2D eigenvalue weighted by Crippen LogP contribution is -2.34. The van der Waals surface area contributed by atoms with E-state index in [9.17, 15) is 30.0 Å². The molecule has 1 aromatic rings. The minimum atomic E-state index is -1.47. The van der Waals surface area contributed by atoms with E-state index in [0.29, 0.717) is 0 Å². The average Bonchev–Trinajstić information content (AvgIpc) is 2.58. The molecule has 152 valence electrons. The number of aliphatic hydroxyl groups excluding tert-OH is 6. The number of hydrogen-bond donors (Lipinski definition) is 8. The number of benzene rings is 1. The van der Waals surface area contributed by atoms with Gasteiger partial charge in [0.05, 0.1) is 36.5 Å². The number of halogens is 1. The lowest BCUT2D eigenvalue weighted by Gasteiger charge is -2.22. The summed E-state index contributed by atoms with van der Waals surface area (Å²) in [6.07, 6.45) is -6.34. The van der Waals surface area contributed by atoms with E-state index in [4.69, 9.17) is 21.7 Å². The van der Waals surface area contributed by atoms with Crippen LogP contribution in [0.3, 0.4) is 0 Å². The summed E-state index contributed by atoms with van der Waals surface area (Å²) in [5.41, 5.74) is 10.9. The van der Waals surface area contributed by atoms with Crippen molar-refractivity contribution in [3.05, 3.63) is 31.9 Å². The number of carbonyl (C=O) groups excluding carboxylic acids is 2. The third kappa shape index (κ3) is 5.81. The number of nitrogens with two attached hydrogens (primary N) is 2. The Bertz CT molecular complexity index is 645. The van der Waals surface area contributed by atoms with E-state index in [1.165, 1.54) is 6.07 Å². The molecule has 1 rings (SSSR count). The molecule has 4 atom stereocenters. The molecule has 0 aliphatic carbocycles.